The van der Waals surface area contributed by atoms with Crippen LogP contribution in [0.2, 0.25) is 0 Å². The first kappa shape index (κ1) is 20.9. The third-order valence-corrected chi connectivity index (χ3v) is 4.16. The van der Waals surface area contributed by atoms with Crippen LogP contribution in [-0.4, -0.2) is 51.3 Å². The van der Waals surface area contributed by atoms with E-state index in [0.29, 0.717) is 12.0 Å². The molecular weight excluding hydrogens is 352 g/mol. The monoisotopic (exact) mass is 372 g/mol. The van der Waals surface area contributed by atoms with E-state index in [1.165, 1.54) is 13.0 Å². The van der Waals surface area contributed by atoms with E-state index < -0.39 is 29.4 Å². The van der Waals surface area contributed by atoms with E-state index in [1.54, 1.807) is 0 Å². The molecule has 0 radical (unpaired) electrons. The summed E-state index contributed by atoms with van der Waals surface area (Å²) in [6.07, 6.45) is 3.20. The van der Waals surface area contributed by atoms with Crippen molar-refractivity contribution >= 4 is 29.5 Å². The van der Waals surface area contributed by atoms with E-state index in [1.807, 2.05) is 0 Å². The van der Waals surface area contributed by atoms with Crippen LogP contribution < -0.4 is 0 Å². The van der Waals surface area contributed by atoms with Crippen molar-refractivity contribution in [3.8, 4) is 0 Å². The Morgan fingerprint density at radius 2 is 1.96 bits per heavy atom. The van der Waals surface area contributed by atoms with E-state index >= 15 is 0 Å². The lowest BCUT2D eigenvalue weighted by Gasteiger charge is -2.35. The van der Waals surface area contributed by atoms with Gasteiger partial charge in [0, 0.05) is 17.9 Å². The molecule has 1 rings (SSSR count). The first-order valence-electron chi connectivity index (χ1n) is 7.64. The van der Waals surface area contributed by atoms with E-state index in [2.05, 4.69) is 6.58 Å². The first-order chi connectivity index (χ1) is 11.7. The normalized spacial score (nSPS) is 22.6. The fourth-order valence-electron chi connectivity index (χ4n) is 2.61. The van der Waals surface area contributed by atoms with E-state index in [9.17, 15) is 29.7 Å². The maximum Gasteiger partial charge on any atom is 0.341 e. The van der Waals surface area contributed by atoms with Crippen LogP contribution in [0.5, 0.6) is 0 Å². The number of carboxylic acids is 2. The summed E-state index contributed by atoms with van der Waals surface area (Å²) < 4.78 is 4.98. The number of alkyl halides is 1. The second-order valence-electron chi connectivity index (χ2n) is 5.71. The standard InChI is InChI=1S/C17H21ClO7/c1-10(2)15(21)25-9-7-11-5-6-13(14(19)20)17(24,16(22)23)12(11)4-3-8-18/h5-6,13,24H,1,3-4,7-9H2,2H3,(H,19,20)(H,22,23). The second kappa shape index (κ2) is 8.82. The van der Waals surface area contributed by atoms with Crippen molar-refractivity contribution in [2.75, 3.05) is 12.5 Å². The molecule has 1 aliphatic carbocycles. The maximum atomic E-state index is 11.7. The lowest BCUT2D eigenvalue weighted by molar-refractivity contribution is -0.167. The van der Waals surface area contributed by atoms with Crippen LogP contribution in [0.4, 0.5) is 0 Å². The summed E-state index contributed by atoms with van der Waals surface area (Å²) in [5, 5.41) is 29.4. The highest BCUT2D eigenvalue weighted by atomic mass is 35.5. The minimum absolute atomic E-state index is 0.0524. The van der Waals surface area contributed by atoms with Gasteiger partial charge in [0.2, 0.25) is 5.60 Å². The van der Waals surface area contributed by atoms with Crippen LogP contribution in [0.15, 0.2) is 35.5 Å². The Labute approximate surface area is 150 Å². The van der Waals surface area contributed by atoms with Crippen LogP contribution >= 0.6 is 11.6 Å². The van der Waals surface area contributed by atoms with Crippen LogP contribution in [-0.2, 0) is 19.1 Å². The Bertz CT molecular complexity index is 635. The van der Waals surface area contributed by atoms with Crippen molar-refractivity contribution in [1.82, 2.24) is 0 Å². The molecule has 0 fully saturated rings. The second-order valence-corrected chi connectivity index (χ2v) is 6.09. The number of ether oxygens (including phenoxy) is 1. The number of carbonyl (C=O) groups excluding carboxylic acids is 1. The number of hydrogen-bond acceptors (Lipinski definition) is 5. The molecule has 2 unspecified atom stereocenters. The van der Waals surface area contributed by atoms with Gasteiger partial charge in [0.05, 0.1) is 6.61 Å². The molecule has 138 valence electrons. The predicted molar refractivity (Wildman–Crippen MR) is 90.2 cm³/mol. The van der Waals surface area contributed by atoms with Gasteiger partial charge >= 0.3 is 17.9 Å². The number of esters is 1. The third kappa shape index (κ3) is 4.70. The number of carbonyl (C=O) groups is 3. The molecule has 0 amide bonds. The maximum absolute atomic E-state index is 11.7. The number of rotatable bonds is 9. The van der Waals surface area contributed by atoms with Crippen molar-refractivity contribution < 1.29 is 34.4 Å². The van der Waals surface area contributed by atoms with Crippen LogP contribution in [0.3, 0.4) is 0 Å². The lowest BCUT2D eigenvalue weighted by atomic mass is 9.73. The summed E-state index contributed by atoms with van der Waals surface area (Å²) in [5.41, 5.74) is -1.85. The average Bonchev–Trinajstić information content (AvgIpc) is 2.53. The van der Waals surface area contributed by atoms with Crippen molar-refractivity contribution in [1.29, 1.82) is 0 Å². The number of allylic oxidation sites excluding steroid dienone is 1. The molecule has 25 heavy (non-hydrogen) atoms. The van der Waals surface area contributed by atoms with Gasteiger partial charge in [-0.2, -0.15) is 0 Å². The highest BCUT2D eigenvalue weighted by Gasteiger charge is 2.52. The zero-order valence-corrected chi connectivity index (χ0v) is 14.6. The Morgan fingerprint density at radius 3 is 2.44 bits per heavy atom. The molecule has 0 heterocycles. The zero-order valence-electron chi connectivity index (χ0n) is 13.8. The quantitative estimate of drug-likeness (QED) is 0.321. The average molecular weight is 373 g/mol. The van der Waals surface area contributed by atoms with Crippen molar-refractivity contribution in [3.05, 3.63) is 35.5 Å². The molecular formula is C17H21ClO7. The van der Waals surface area contributed by atoms with E-state index in [4.69, 9.17) is 16.3 Å². The molecule has 3 N–H and O–H groups in total. The molecule has 0 aromatic heterocycles. The van der Waals surface area contributed by atoms with E-state index in [0.717, 1.165) is 6.08 Å². The molecule has 0 aromatic rings. The van der Waals surface area contributed by atoms with Gasteiger partial charge in [0.15, 0.2) is 0 Å². The molecule has 0 saturated heterocycles. The molecule has 0 spiro atoms. The number of aliphatic carboxylic acids is 2. The third-order valence-electron chi connectivity index (χ3n) is 3.89. The molecule has 7 nitrogen and oxygen atoms in total. The Balaban J connectivity index is 3.16. The van der Waals surface area contributed by atoms with Gasteiger partial charge in [0.25, 0.3) is 0 Å². The number of carboxylic acid groups (broad SMARTS) is 2. The number of hydrogen-bond donors (Lipinski definition) is 3. The molecule has 1 aliphatic rings. The molecule has 0 bridgehead atoms. The van der Waals surface area contributed by atoms with E-state index in [-0.39, 0.29) is 36.5 Å². The molecule has 2 atom stereocenters. The van der Waals surface area contributed by atoms with Gasteiger partial charge < -0.3 is 20.1 Å². The molecule has 0 aliphatic heterocycles. The van der Waals surface area contributed by atoms with Gasteiger partial charge in [-0.25, -0.2) is 9.59 Å². The summed E-state index contributed by atoms with van der Waals surface area (Å²) >= 11 is 5.66. The van der Waals surface area contributed by atoms with Crippen molar-refractivity contribution in [3.63, 3.8) is 0 Å². The summed E-state index contributed by atoms with van der Waals surface area (Å²) in [5.74, 6) is -5.07. The summed E-state index contributed by atoms with van der Waals surface area (Å²) in [4.78, 5) is 34.5. The van der Waals surface area contributed by atoms with Crippen LogP contribution in [0, 0.1) is 5.92 Å². The van der Waals surface area contributed by atoms with Gasteiger partial charge in [-0.05, 0) is 30.9 Å². The summed E-state index contributed by atoms with van der Waals surface area (Å²) in [6, 6.07) is 0. The van der Waals surface area contributed by atoms with Gasteiger partial charge in [-0.3, -0.25) is 4.79 Å². The van der Waals surface area contributed by atoms with Crippen molar-refractivity contribution in [2.24, 2.45) is 5.92 Å². The summed E-state index contributed by atoms with van der Waals surface area (Å²) in [7, 11) is 0. The zero-order chi connectivity index (χ0) is 19.2. The highest BCUT2D eigenvalue weighted by Crippen LogP contribution is 2.38. The fraction of sp³-hybridized carbons (Fsp3) is 0.471. The molecule has 8 heteroatoms. The molecule has 0 saturated carbocycles. The minimum Gasteiger partial charge on any atom is -0.481 e. The molecule has 0 aromatic carbocycles. The fourth-order valence-corrected chi connectivity index (χ4v) is 2.75. The Kier molecular flexibility index (Phi) is 7.38. The van der Waals surface area contributed by atoms with Crippen LogP contribution in [0.25, 0.3) is 0 Å². The van der Waals surface area contributed by atoms with Gasteiger partial charge in [-0.15, -0.1) is 11.6 Å². The lowest BCUT2D eigenvalue weighted by Crippen LogP contribution is -2.51. The van der Waals surface area contributed by atoms with Gasteiger partial charge in [0.1, 0.15) is 5.92 Å². The predicted octanol–water partition coefficient (Wildman–Crippen LogP) is 1.90. The largest absolute Gasteiger partial charge is 0.481 e. The highest BCUT2D eigenvalue weighted by molar-refractivity contribution is 6.17. The number of aliphatic hydroxyl groups is 1. The smallest absolute Gasteiger partial charge is 0.341 e. The minimum atomic E-state index is -2.57. The first-order valence-corrected chi connectivity index (χ1v) is 8.17. The SMILES string of the molecule is C=C(C)C(=O)OCCC1=C(CCCCl)C(O)(C(=O)O)C(C(=O)O)C=C1. The number of halogens is 1. The van der Waals surface area contributed by atoms with Crippen LogP contribution in [0.1, 0.15) is 26.2 Å². The van der Waals surface area contributed by atoms with Crippen molar-refractivity contribution in [2.45, 2.75) is 31.8 Å². The Hall–Kier alpha value is -2.12. The summed E-state index contributed by atoms with van der Waals surface area (Å²) in [6.45, 7) is 4.90. The Morgan fingerprint density at radius 1 is 1.32 bits per heavy atom. The topological polar surface area (TPSA) is 121 Å². The van der Waals surface area contributed by atoms with Gasteiger partial charge in [-0.1, -0.05) is 18.7 Å².